The monoisotopic (exact) mass is 249 g/mol. The second-order valence-corrected chi connectivity index (χ2v) is 5.06. The van der Waals surface area contributed by atoms with Crippen molar-refractivity contribution in [2.24, 2.45) is 7.05 Å². The highest BCUT2D eigenvalue weighted by atomic mass is 32.1. The van der Waals surface area contributed by atoms with Crippen LogP contribution in [0, 0.1) is 6.92 Å². The molecule has 2 rings (SSSR count). The van der Waals surface area contributed by atoms with Crippen LogP contribution in [0.5, 0.6) is 0 Å². The van der Waals surface area contributed by atoms with Crippen LogP contribution in [-0.2, 0) is 24.7 Å². The summed E-state index contributed by atoms with van der Waals surface area (Å²) in [5.41, 5.74) is 2.10. The van der Waals surface area contributed by atoms with Gasteiger partial charge in [0.15, 0.2) is 0 Å². The van der Waals surface area contributed by atoms with E-state index in [0.717, 1.165) is 22.7 Å². The van der Waals surface area contributed by atoms with Crippen LogP contribution >= 0.6 is 11.3 Å². The predicted octanol–water partition coefficient (Wildman–Crippen LogP) is 1.93. The quantitative estimate of drug-likeness (QED) is 0.813. The van der Waals surface area contributed by atoms with Crippen molar-refractivity contribution in [2.45, 2.75) is 26.2 Å². The molecule has 0 bridgehead atoms. The van der Waals surface area contributed by atoms with Gasteiger partial charge in [0.2, 0.25) is 0 Å². The first-order valence-electron chi connectivity index (χ1n) is 5.54. The minimum Gasteiger partial charge on any atom is -0.299 e. The van der Waals surface area contributed by atoms with Gasteiger partial charge in [-0.2, -0.15) is 5.10 Å². The Balaban J connectivity index is 1.82. The lowest BCUT2D eigenvalue weighted by Crippen LogP contribution is -2.03. The SMILES string of the molecule is Cc1csc(CC(=O)CCc2cnn(C)c2)n1. The van der Waals surface area contributed by atoms with Gasteiger partial charge in [0, 0.05) is 30.7 Å². The van der Waals surface area contributed by atoms with E-state index in [0.29, 0.717) is 12.8 Å². The number of rotatable bonds is 5. The summed E-state index contributed by atoms with van der Waals surface area (Å²) in [6.07, 6.45) is 5.53. The molecule has 0 radical (unpaired) electrons. The minimum absolute atomic E-state index is 0.239. The number of carbonyl (C=O) groups excluding carboxylic acids is 1. The average molecular weight is 249 g/mol. The molecule has 0 saturated heterocycles. The summed E-state index contributed by atoms with van der Waals surface area (Å²) in [5.74, 6) is 0.239. The van der Waals surface area contributed by atoms with Crippen molar-refractivity contribution in [3.8, 4) is 0 Å². The third-order valence-electron chi connectivity index (χ3n) is 2.47. The van der Waals surface area contributed by atoms with Gasteiger partial charge >= 0.3 is 0 Å². The number of thiazole rings is 1. The standard InChI is InChI=1S/C12H15N3OS/c1-9-8-17-12(14-9)5-11(16)4-3-10-6-13-15(2)7-10/h6-8H,3-5H2,1-2H3. The Hall–Kier alpha value is -1.49. The summed E-state index contributed by atoms with van der Waals surface area (Å²) >= 11 is 1.56. The maximum atomic E-state index is 11.7. The van der Waals surface area contributed by atoms with Gasteiger partial charge in [0.1, 0.15) is 10.8 Å². The second kappa shape index (κ2) is 5.23. The molecule has 0 aliphatic heterocycles. The normalized spacial score (nSPS) is 10.7. The minimum atomic E-state index is 0.239. The van der Waals surface area contributed by atoms with E-state index < -0.39 is 0 Å². The van der Waals surface area contributed by atoms with Crippen LogP contribution in [0.1, 0.15) is 22.7 Å². The third kappa shape index (κ3) is 3.49. The predicted molar refractivity (Wildman–Crippen MR) is 67.1 cm³/mol. The fourth-order valence-electron chi connectivity index (χ4n) is 1.63. The number of carbonyl (C=O) groups is 1. The zero-order chi connectivity index (χ0) is 12.3. The number of hydrogen-bond acceptors (Lipinski definition) is 4. The molecule has 2 aromatic rings. The molecule has 0 aliphatic rings. The summed E-state index contributed by atoms with van der Waals surface area (Å²) in [7, 11) is 1.88. The zero-order valence-corrected chi connectivity index (χ0v) is 10.8. The first kappa shape index (κ1) is 12.0. The first-order chi connectivity index (χ1) is 8.13. The molecule has 0 amide bonds. The van der Waals surface area contributed by atoms with Crippen LogP contribution in [0.25, 0.3) is 0 Å². The third-order valence-corrected chi connectivity index (χ3v) is 3.43. The average Bonchev–Trinajstić information content (AvgIpc) is 2.85. The van der Waals surface area contributed by atoms with Crippen LogP contribution in [0.3, 0.4) is 0 Å². The number of Topliss-reactive ketones (excluding diaryl/α,β-unsaturated/α-hetero) is 1. The molecule has 0 aromatic carbocycles. The fourth-order valence-corrected chi connectivity index (χ4v) is 2.43. The van der Waals surface area contributed by atoms with Crippen LogP contribution in [0.4, 0.5) is 0 Å². The van der Waals surface area contributed by atoms with Gasteiger partial charge in [-0.3, -0.25) is 9.48 Å². The summed E-state index contributed by atoms with van der Waals surface area (Å²) in [6, 6.07) is 0. The van der Waals surface area contributed by atoms with Gasteiger partial charge in [0.25, 0.3) is 0 Å². The molecule has 0 saturated carbocycles. The van der Waals surface area contributed by atoms with Crippen molar-refractivity contribution in [1.29, 1.82) is 0 Å². The summed E-state index contributed by atoms with van der Waals surface area (Å²) in [6.45, 7) is 1.94. The van der Waals surface area contributed by atoms with E-state index in [-0.39, 0.29) is 5.78 Å². The number of aryl methyl sites for hydroxylation is 3. The molecule has 0 unspecified atom stereocenters. The van der Waals surface area contributed by atoms with E-state index in [2.05, 4.69) is 10.1 Å². The lowest BCUT2D eigenvalue weighted by molar-refractivity contribution is -0.118. The fraction of sp³-hybridized carbons (Fsp3) is 0.417. The molecule has 5 heteroatoms. The van der Waals surface area contributed by atoms with Crippen LogP contribution in [0.2, 0.25) is 0 Å². The number of aromatic nitrogens is 3. The Morgan fingerprint density at radius 1 is 1.53 bits per heavy atom. The highest BCUT2D eigenvalue weighted by molar-refractivity contribution is 7.09. The van der Waals surface area contributed by atoms with Gasteiger partial charge in [-0.05, 0) is 18.9 Å². The van der Waals surface area contributed by atoms with Crippen LogP contribution < -0.4 is 0 Å². The Morgan fingerprint density at radius 3 is 2.94 bits per heavy atom. The van der Waals surface area contributed by atoms with Gasteiger partial charge in [-0.1, -0.05) is 0 Å². The van der Waals surface area contributed by atoms with E-state index >= 15 is 0 Å². The second-order valence-electron chi connectivity index (χ2n) is 4.12. The van der Waals surface area contributed by atoms with Crippen LogP contribution in [0.15, 0.2) is 17.8 Å². The molecule has 0 spiro atoms. The molecular formula is C12H15N3OS. The maximum Gasteiger partial charge on any atom is 0.140 e. The van der Waals surface area contributed by atoms with Crippen molar-refractivity contribution >= 4 is 17.1 Å². The largest absolute Gasteiger partial charge is 0.299 e. The van der Waals surface area contributed by atoms with Gasteiger partial charge in [-0.25, -0.2) is 4.98 Å². The van der Waals surface area contributed by atoms with Crippen molar-refractivity contribution in [3.05, 3.63) is 34.0 Å². The van der Waals surface area contributed by atoms with Crippen molar-refractivity contribution in [3.63, 3.8) is 0 Å². The molecule has 17 heavy (non-hydrogen) atoms. The molecule has 0 aliphatic carbocycles. The Bertz CT molecular complexity index is 515. The van der Waals surface area contributed by atoms with Crippen molar-refractivity contribution in [2.75, 3.05) is 0 Å². The molecule has 2 aromatic heterocycles. The molecule has 4 nitrogen and oxygen atoms in total. The van der Waals surface area contributed by atoms with Gasteiger partial charge in [-0.15, -0.1) is 11.3 Å². The number of ketones is 1. The van der Waals surface area contributed by atoms with Crippen molar-refractivity contribution in [1.82, 2.24) is 14.8 Å². The summed E-state index contributed by atoms with van der Waals surface area (Å²) < 4.78 is 1.75. The summed E-state index contributed by atoms with van der Waals surface area (Å²) in [5, 5.41) is 6.97. The Morgan fingerprint density at radius 2 is 2.35 bits per heavy atom. The lowest BCUT2D eigenvalue weighted by Gasteiger charge is -1.96. The molecular weight excluding hydrogens is 234 g/mol. The zero-order valence-electron chi connectivity index (χ0n) is 10.0. The van der Waals surface area contributed by atoms with Gasteiger partial charge < -0.3 is 0 Å². The highest BCUT2D eigenvalue weighted by Gasteiger charge is 2.07. The summed E-state index contributed by atoms with van der Waals surface area (Å²) in [4.78, 5) is 16.0. The molecule has 0 N–H and O–H groups in total. The molecule has 0 atom stereocenters. The topological polar surface area (TPSA) is 47.8 Å². The maximum absolute atomic E-state index is 11.7. The molecule has 2 heterocycles. The number of nitrogens with zero attached hydrogens (tertiary/aromatic N) is 3. The Labute approximate surface area is 104 Å². The highest BCUT2D eigenvalue weighted by Crippen LogP contribution is 2.11. The first-order valence-corrected chi connectivity index (χ1v) is 6.41. The Kier molecular flexibility index (Phi) is 3.68. The smallest absolute Gasteiger partial charge is 0.140 e. The van der Waals surface area contributed by atoms with E-state index in [1.807, 2.05) is 25.5 Å². The lowest BCUT2D eigenvalue weighted by atomic mass is 10.1. The molecule has 0 fully saturated rings. The van der Waals surface area contributed by atoms with E-state index in [1.165, 1.54) is 0 Å². The van der Waals surface area contributed by atoms with E-state index in [1.54, 1.807) is 22.2 Å². The molecule has 90 valence electrons. The van der Waals surface area contributed by atoms with Gasteiger partial charge in [0.05, 0.1) is 12.6 Å². The van der Waals surface area contributed by atoms with E-state index in [4.69, 9.17) is 0 Å². The van der Waals surface area contributed by atoms with E-state index in [9.17, 15) is 4.79 Å². The van der Waals surface area contributed by atoms with Crippen LogP contribution in [-0.4, -0.2) is 20.5 Å². The van der Waals surface area contributed by atoms with Crippen molar-refractivity contribution < 1.29 is 4.79 Å². The number of hydrogen-bond donors (Lipinski definition) is 0.